The second-order valence-electron chi connectivity index (χ2n) is 4.44. The fourth-order valence-corrected chi connectivity index (χ4v) is 2.30. The molecule has 2 aromatic carbocycles. The molecule has 0 aliphatic heterocycles. The Hall–Kier alpha value is -1.65. The minimum Gasteiger partial charge on any atom is -0.265 e. The van der Waals surface area contributed by atoms with Crippen LogP contribution in [0.3, 0.4) is 0 Å². The van der Waals surface area contributed by atoms with Gasteiger partial charge in [-0.25, -0.2) is 0 Å². The van der Waals surface area contributed by atoms with Crippen molar-refractivity contribution in [2.45, 2.75) is 13.5 Å². The van der Waals surface area contributed by atoms with Crippen LogP contribution in [0.5, 0.6) is 0 Å². The highest BCUT2D eigenvalue weighted by Gasteiger charge is 2.09. The third-order valence-corrected chi connectivity index (χ3v) is 3.43. The number of hydrogen-bond donors (Lipinski definition) is 0. The summed E-state index contributed by atoms with van der Waals surface area (Å²) < 4.78 is 27.1. The second-order valence-corrected chi connectivity index (χ2v) is 6.08. The SMILES string of the molecule is Cc1ccccc1-c1ccccc1COS(C)(=O)=O. The first kappa shape index (κ1) is 13.8. The normalized spacial score (nSPS) is 11.5. The van der Waals surface area contributed by atoms with Crippen molar-refractivity contribution in [1.29, 1.82) is 0 Å². The predicted octanol–water partition coefficient (Wildman–Crippen LogP) is 3.14. The highest BCUT2D eigenvalue weighted by atomic mass is 32.2. The molecule has 0 unspecified atom stereocenters. The Morgan fingerprint density at radius 3 is 2.16 bits per heavy atom. The molecule has 0 aliphatic carbocycles. The van der Waals surface area contributed by atoms with Crippen molar-refractivity contribution in [3.05, 3.63) is 59.7 Å². The smallest absolute Gasteiger partial charge is 0.264 e. The van der Waals surface area contributed by atoms with Gasteiger partial charge in [0.15, 0.2) is 0 Å². The summed E-state index contributed by atoms with van der Waals surface area (Å²) in [5, 5.41) is 0. The van der Waals surface area contributed by atoms with E-state index in [1.165, 1.54) is 0 Å². The van der Waals surface area contributed by atoms with Crippen LogP contribution in [0.2, 0.25) is 0 Å². The molecule has 19 heavy (non-hydrogen) atoms. The van der Waals surface area contributed by atoms with Crippen molar-refractivity contribution >= 4 is 10.1 Å². The van der Waals surface area contributed by atoms with Crippen LogP contribution in [0.15, 0.2) is 48.5 Å². The summed E-state index contributed by atoms with van der Waals surface area (Å²) in [4.78, 5) is 0. The molecule has 0 fully saturated rings. The van der Waals surface area contributed by atoms with Crippen molar-refractivity contribution < 1.29 is 12.6 Å². The van der Waals surface area contributed by atoms with E-state index in [9.17, 15) is 8.42 Å². The first-order valence-corrected chi connectivity index (χ1v) is 7.77. The molecule has 0 aromatic heterocycles. The molecule has 0 bridgehead atoms. The first-order valence-electron chi connectivity index (χ1n) is 5.96. The highest BCUT2D eigenvalue weighted by molar-refractivity contribution is 7.85. The van der Waals surface area contributed by atoms with Crippen molar-refractivity contribution in [3.8, 4) is 11.1 Å². The molecule has 0 spiro atoms. The Balaban J connectivity index is 2.39. The fraction of sp³-hybridized carbons (Fsp3) is 0.200. The summed E-state index contributed by atoms with van der Waals surface area (Å²) in [7, 11) is -3.43. The van der Waals surface area contributed by atoms with E-state index in [0.717, 1.165) is 28.5 Å². The summed E-state index contributed by atoms with van der Waals surface area (Å²) in [5.74, 6) is 0. The lowest BCUT2D eigenvalue weighted by Crippen LogP contribution is -2.03. The zero-order valence-corrected chi connectivity index (χ0v) is 11.8. The molecule has 2 rings (SSSR count). The van der Waals surface area contributed by atoms with Gasteiger partial charge in [0, 0.05) is 0 Å². The van der Waals surface area contributed by atoms with E-state index in [1.807, 2.05) is 55.5 Å². The first-order chi connectivity index (χ1) is 8.97. The Morgan fingerprint density at radius 1 is 0.947 bits per heavy atom. The maximum Gasteiger partial charge on any atom is 0.264 e. The van der Waals surface area contributed by atoms with Crippen LogP contribution in [0.25, 0.3) is 11.1 Å². The molecule has 100 valence electrons. The summed E-state index contributed by atoms with van der Waals surface area (Å²) in [6, 6.07) is 15.7. The van der Waals surface area contributed by atoms with Crippen LogP contribution in [0, 0.1) is 6.92 Å². The maximum atomic E-state index is 11.1. The van der Waals surface area contributed by atoms with E-state index in [0.29, 0.717) is 0 Å². The third kappa shape index (κ3) is 3.66. The molecule has 0 heterocycles. The molecule has 0 N–H and O–H groups in total. The van der Waals surface area contributed by atoms with Gasteiger partial charge in [-0.05, 0) is 29.2 Å². The lowest BCUT2D eigenvalue weighted by Gasteiger charge is -2.11. The van der Waals surface area contributed by atoms with Crippen molar-refractivity contribution in [1.82, 2.24) is 0 Å². The van der Waals surface area contributed by atoms with Crippen LogP contribution in [0.4, 0.5) is 0 Å². The maximum absolute atomic E-state index is 11.1. The van der Waals surface area contributed by atoms with Gasteiger partial charge in [0.25, 0.3) is 10.1 Å². The zero-order chi connectivity index (χ0) is 13.9. The van der Waals surface area contributed by atoms with Gasteiger partial charge < -0.3 is 0 Å². The van der Waals surface area contributed by atoms with Crippen LogP contribution in [-0.4, -0.2) is 14.7 Å². The van der Waals surface area contributed by atoms with Gasteiger partial charge in [-0.2, -0.15) is 8.42 Å². The average Bonchev–Trinajstić information content (AvgIpc) is 2.37. The minimum atomic E-state index is -3.43. The molecule has 3 nitrogen and oxygen atoms in total. The lowest BCUT2D eigenvalue weighted by atomic mass is 9.96. The van der Waals surface area contributed by atoms with Crippen molar-refractivity contribution in [3.63, 3.8) is 0 Å². The van der Waals surface area contributed by atoms with Crippen molar-refractivity contribution in [2.24, 2.45) is 0 Å². The Kier molecular flexibility index (Phi) is 4.02. The standard InChI is InChI=1S/C15H16O3S/c1-12-7-3-5-9-14(12)15-10-6-4-8-13(15)11-18-19(2,16)17/h3-10H,11H2,1-2H3. The van der Waals surface area contributed by atoms with Gasteiger partial charge in [0.1, 0.15) is 0 Å². The molecule has 0 atom stereocenters. The molecular formula is C15H16O3S. The van der Waals surface area contributed by atoms with Crippen LogP contribution >= 0.6 is 0 Å². The Labute approximate surface area is 114 Å². The van der Waals surface area contributed by atoms with Crippen LogP contribution in [0.1, 0.15) is 11.1 Å². The minimum absolute atomic E-state index is 0.0589. The van der Waals surface area contributed by atoms with E-state index >= 15 is 0 Å². The average molecular weight is 276 g/mol. The molecule has 0 saturated heterocycles. The van der Waals surface area contributed by atoms with E-state index in [4.69, 9.17) is 4.18 Å². The van der Waals surface area contributed by atoms with E-state index < -0.39 is 10.1 Å². The summed E-state index contributed by atoms with van der Waals surface area (Å²) in [6.45, 7) is 2.09. The number of benzene rings is 2. The van der Waals surface area contributed by atoms with Crippen molar-refractivity contribution in [2.75, 3.05) is 6.26 Å². The summed E-state index contributed by atoms with van der Waals surface area (Å²) in [6.07, 6.45) is 1.06. The van der Waals surface area contributed by atoms with Gasteiger partial charge in [-0.3, -0.25) is 4.18 Å². The molecule has 0 amide bonds. The number of aryl methyl sites for hydroxylation is 1. The second kappa shape index (κ2) is 5.55. The molecule has 2 aromatic rings. The molecule has 0 radical (unpaired) electrons. The Morgan fingerprint density at radius 2 is 1.53 bits per heavy atom. The molecule has 0 aliphatic rings. The van der Waals surface area contributed by atoms with E-state index in [-0.39, 0.29) is 6.61 Å². The van der Waals surface area contributed by atoms with E-state index in [2.05, 4.69) is 0 Å². The number of hydrogen-bond acceptors (Lipinski definition) is 3. The monoisotopic (exact) mass is 276 g/mol. The van der Waals surface area contributed by atoms with E-state index in [1.54, 1.807) is 0 Å². The quantitative estimate of drug-likeness (QED) is 0.806. The van der Waals surface area contributed by atoms with Gasteiger partial charge >= 0.3 is 0 Å². The fourth-order valence-electron chi connectivity index (χ4n) is 1.95. The van der Waals surface area contributed by atoms with Crippen LogP contribution < -0.4 is 0 Å². The predicted molar refractivity (Wildman–Crippen MR) is 76.2 cm³/mol. The Bertz CT molecular complexity index is 675. The lowest BCUT2D eigenvalue weighted by molar-refractivity contribution is 0.312. The topological polar surface area (TPSA) is 43.4 Å². The largest absolute Gasteiger partial charge is 0.265 e. The molecule has 4 heteroatoms. The molecule has 0 saturated carbocycles. The van der Waals surface area contributed by atoms with Gasteiger partial charge in [0.05, 0.1) is 12.9 Å². The summed E-state index contributed by atoms with van der Waals surface area (Å²) in [5.41, 5.74) is 4.11. The van der Waals surface area contributed by atoms with Crippen LogP contribution in [-0.2, 0) is 20.9 Å². The molecular weight excluding hydrogens is 260 g/mol. The van der Waals surface area contributed by atoms with Gasteiger partial charge in [0.2, 0.25) is 0 Å². The zero-order valence-electron chi connectivity index (χ0n) is 11.0. The highest BCUT2D eigenvalue weighted by Crippen LogP contribution is 2.27. The summed E-state index contributed by atoms with van der Waals surface area (Å²) >= 11 is 0. The number of rotatable bonds is 4. The van der Waals surface area contributed by atoms with Gasteiger partial charge in [-0.1, -0.05) is 48.5 Å². The third-order valence-electron chi connectivity index (χ3n) is 2.88. The van der Waals surface area contributed by atoms with Gasteiger partial charge in [-0.15, -0.1) is 0 Å².